The number of nitrogens with one attached hydrogen (secondary N) is 2. The van der Waals surface area contributed by atoms with Gasteiger partial charge in [-0.3, -0.25) is 4.79 Å². The first-order chi connectivity index (χ1) is 11.5. The minimum atomic E-state index is -3.71. The van der Waals surface area contributed by atoms with Crippen molar-refractivity contribution in [2.75, 3.05) is 0 Å². The van der Waals surface area contributed by atoms with E-state index in [1.807, 2.05) is 30.3 Å². The van der Waals surface area contributed by atoms with Crippen molar-refractivity contribution in [3.05, 3.63) is 64.7 Å². The van der Waals surface area contributed by atoms with Crippen LogP contribution in [0.2, 0.25) is 5.02 Å². The van der Waals surface area contributed by atoms with Gasteiger partial charge in [-0.05, 0) is 36.6 Å². The Morgan fingerprint density at radius 1 is 1.12 bits per heavy atom. The molecule has 2 aromatic carbocycles. The van der Waals surface area contributed by atoms with Crippen LogP contribution in [0, 0.1) is 0 Å². The van der Waals surface area contributed by atoms with Gasteiger partial charge in [-0.25, -0.2) is 13.1 Å². The van der Waals surface area contributed by atoms with E-state index in [9.17, 15) is 13.2 Å². The third-order valence-electron chi connectivity index (χ3n) is 3.68. The van der Waals surface area contributed by atoms with Crippen molar-refractivity contribution >= 4 is 27.5 Å². The smallest absolute Gasteiger partial charge is 0.251 e. The van der Waals surface area contributed by atoms with Crippen LogP contribution in [0.25, 0.3) is 0 Å². The van der Waals surface area contributed by atoms with E-state index in [4.69, 9.17) is 11.6 Å². The molecule has 0 saturated heterocycles. The van der Waals surface area contributed by atoms with Crippen LogP contribution in [0.5, 0.6) is 0 Å². The van der Waals surface area contributed by atoms with Crippen LogP contribution in [0.4, 0.5) is 0 Å². The van der Waals surface area contributed by atoms with Gasteiger partial charge in [-0.1, -0.05) is 41.9 Å². The summed E-state index contributed by atoms with van der Waals surface area (Å²) in [4.78, 5) is 12.2. The summed E-state index contributed by atoms with van der Waals surface area (Å²) in [6, 6.07) is 13.7. The number of amides is 1. The number of carbonyl (C=O) groups is 1. The summed E-state index contributed by atoms with van der Waals surface area (Å²) in [6.07, 6.45) is 1.65. The molecule has 0 unspecified atom stereocenters. The molecule has 24 heavy (non-hydrogen) atoms. The maximum atomic E-state index is 12.3. The first-order valence-corrected chi connectivity index (χ1v) is 9.46. The molecule has 0 bridgehead atoms. The van der Waals surface area contributed by atoms with Crippen LogP contribution in [0.3, 0.4) is 0 Å². The summed E-state index contributed by atoms with van der Waals surface area (Å²) in [6.45, 7) is 0.366. The fourth-order valence-corrected chi connectivity index (χ4v) is 4.05. The highest BCUT2D eigenvalue weighted by Crippen LogP contribution is 2.26. The van der Waals surface area contributed by atoms with Gasteiger partial charge in [-0.15, -0.1) is 0 Å². The Morgan fingerprint density at radius 3 is 2.50 bits per heavy atom. The van der Waals surface area contributed by atoms with Crippen LogP contribution in [-0.4, -0.2) is 20.4 Å². The number of carbonyl (C=O) groups excluding carboxylic acids is 1. The van der Waals surface area contributed by atoms with E-state index in [0.29, 0.717) is 6.54 Å². The average molecular weight is 365 g/mol. The molecule has 3 rings (SSSR count). The molecule has 5 nitrogen and oxygen atoms in total. The van der Waals surface area contributed by atoms with Gasteiger partial charge in [0.1, 0.15) is 4.90 Å². The van der Waals surface area contributed by atoms with Crippen molar-refractivity contribution in [1.82, 2.24) is 10.0 Å². The maximum Gasteiger partial charge on any atom is 0.251 e. The van der Waals surface area contributed by atoms with Crippen molar-refractivity contribution in [2.45, 2.75) is 30.3 Å². The molecule has 1 aliphatic rings. The van der Waals surface area contributed by atoms with E-state index >= 15 is 0 Å². The molecule has 0 spiro atoms. The Kier molecular flexibility index (Phi) is 4.89. The average Bonchev–Trinajstić information content (AvgIpc) is 3.37. The van der Waals surface area contributed by atoms with Gasteiger partial charge in [0.05, 0.1) is 5.02 Å². The van der Waals surface area contributed by atoms with E-state index in [2.05, 4.69) is 10.0 Å². The van der Waals surface area contributed by atoms with Crippen molar-refractivity contribution in [2.24, 2.45) is 0 Å². The Hall–Kier alpha value is -1.89. The molecule has 1 saturated carbocycles. The summed E-state index contributed by atoms with van der Waals surface area (Å²) >= 11 is 6.01. The topological polar surface area (TPSA) is 75.3 Å². The largest absolute Gasteiger partial charge is 0.348 e. The monoisotopic (exact) mass is 364 g/mol. The molecule has 2 aromatic rings. The molecule has 1 fully saturated rings. The zero-order chi connectivity index (χ0) is 17.2. The summed E-state index contributed by atoms with van der Waals surface area (Å²) in [7, 11) is -3.71. The molecule has 0 aromatic heterocycles. The lowest BCUT2D eigenvalue weighted by molar-refractivity contribution is 0.0950. The van der Waals surface area contributed by atoms with E-state index in [-0.39, 0.29) is 27.4 Å². The quantitative estimate of drug-likeness (QED) is 0.827. The highest BCUT2D eigenvalue weighted by atomic mass is 35.5. The number of sulfonamides is 1. The first-order valence-electron chi connectivity index (χ1n) is 7.60. The Labute approximate surface area is 146 Å². The second kappa shape index (κ2) is 6.93. The second-order valence-electron chi connectivity index (χ2n) is 5.71. The highest BCUT2D eigenvalue weighted by Gasteiger charge is 2.29. The van der Waals surface area contributed by atoms with Gasteiger partial charge in [0, 0.05) is 18.2 Å². The van der Waals surface area contributed by atoms with Crippen molar-refractivity contribution in [1.29, 1.82) is 0 Å². The van der Waals surface area contributed by atoms with Crippen LogP contribution in [0.1, 0.15) is 28.8 Å². The lowest BCUT2D eigenvalue weighted by atomic mass is 10.2. The summed E-state index contributed by atoms with van der Waals surface area (Å²) in [5.41, 5.74) is 1.22. The Bertz CT molecular complexity index is 849. The predicted octanol–water partition coefficient (Wildman–Crippen LogP) is 2.71. The fourth-order valence-electron chi connectivity index (χ4n) is 2.21. The molecule has 0 heterocycles. The van der Waals surface area contributed by atoms with Crippen molar-refractivity contribution < 1.29 is 13.2 Å². The minimum absolute atomic E-state index is 0.0263. The van der Waals surface area contributed by atoms with Crippen molar-refractivity contribution in [3.8, 4) is 0 Å². The number of halogens is 1. The van der Waals surface area contributed by atoms with E-state index in [1.165, 1.54) is 18.2 Å². The molecule has 1 amide bonds. The summed E-state index contributed by atoms with van der Waals surface area (Å²) in [5, 5.41) is 2.87. The molecule has 1 aliphatic carbocycles. The number of hydrogen-bond acceptors (Lipinski definition) is 3. The normalized spacial score (nSPS) is 14.4. The molecule has 0 aliphatic heterocycles. The summed E-state index contributed by atoms with van der Waals surface area (Å²) in [5.74, 6) is -0.349. The van der Waals surface area contributed by atoms with E-state index in [1.54, 1.807) is 0 Å². The molecule has 0 atom stereocenters. The zero-order valence-corrected chi connectivity index (χ0v) is 14.4. The maximum absolute atomic E-state index is 12.3. The van der Waals surface area contributed by atoms with E-state index < -0.39 is 10.0 Å². The summed E-state index contributed by atoms with van der Waals surface area (Å²) < 4.78 is 27.2. The fraction of sp³-hybridized carbons (Fsp3) is 0.235. The first kappa shape index (κ1) is 17.0. The number of benzene rings is 2. The SMILES string of the molecule is O=C(NCc1ccccc1)c1ccc(Cl)c(S(=O)(=O)NC2CC2)c1. The molecule has 2 N–H and O–H groups in total. The highest BCUT2D eigenvalue weighted by molar-refractivity contribution is 7.89. The third kappa shape index (κ3) is 4.14. The van der Waals surface area contributed by atoms with Gasteiger partial charge in [0.2, 0.25) is 10.0 Å². The van der Waals surface area contributed by atoms with Crippen LogP contribution >= 0.6 is 11.6 Å². The molecular weight excluding hydrogens is 348 g/mol. The standard InChI is InChI=1S/C17H17ClN2O3S/c18-15-9-6-13(10-16(15)24(22,23)20-14-7-8-14)17(21)19-11-12-4-2-1-3-5-12/h1-6,9-10,14,20H,7-8,11H2,(H,19,21). The third-order valence-corrected chi connectivity index (χ3v) is 5.68. The van der Waals surface area contributed by atoms with Gasteiger partial charge < -0.3 is 5.32 Å². The minimum Gasteiger partial charge on any atom is -0.348 e. The molecular formula is C17H17ClN2O3S. The van der Waals surface area contributed by atoms with Crippen LogP contribution < -0.4 is 10.0 Å². The molecule has 126 valence electrons. The second-order valence-corrected chi connectivity index (χ2v) is 7.80. The lowest BCUT2D eigenvalue weighted by Crippen LogP contribution is -2.27. The van der Waals surface area contributed by atoms with Crippen molar-refractivity contribution in [3.63, 3.8) is 0 Å². The Balaban J connectivity index is 1.76. The van der Waals surface area contributed by atoms with Gasteiger partial charge in [0.15, 0.2) is 0 Å². The lowest BCUT2D eigenvalue weighted by Gasteiger charge is -2.10. The van der Waals surface area contributed by atoms with Crippen LogP contribution in [0.15, 0.2) is 53.4 Å². The van der Waals surface area contributed by atoms with E-state index in [0.717, 1.165) is 18.4 Å². The van der Waals surface area contributed by atoms with Gasteiger partial charge in [-0.2, -0.15) is 0 Å². The Morgan fingerprint density at radius 2 is 1.83 bits per heavy atom. The molecule has 7 heteroatoms. The zero-order valence-electron chi connectivity index (χ0n) is 12.8. The van der Waals surface area contributed by atoms with Gasteiger partial charge in [0.25, 0.3) is 5.91 Å². The van der Waals surface area contributed by atoms with Gasteiger partial charge >= 0.3 is 0 Å². The number of hydrogen-bond donors (Lipinski definition) is 2. The molecule has 0 radical (unpaired) electrons. The predicted molar refractivity (Wildman–Crippen MR) is 92.4 cm³/mol. The number of rotatable bonds is 6. The van der Waals surface area contributed by atoms with Crippen LogP contribution in [-0.2, 0) is 16.6 Å².